The minimum absolute atomic E-state index is 0.0335. The molecule has 0 spiro atoms. The van der Waals surface area contributed by atoms with Gasteiger partial charge in [-0.05, 0) is 48.4 Å². The van der Waals surface area contributed by atoms with Crippen molar-refractivity contribution in [2.45, 2.75) is 46.1 Å². The van der Waals surface area contributed by atoms with Gasteiger partial charge >= 0.3 is 0 Å². The minimum Gasteiger partial charge on any atom is -0.349 e. The van der Waals surface area contributed by atoms with Gasteiger partial charge < -0.3 is 5.32 Å². The van der Waals surface area contributed by atoms with E-state index in [2.05, 4.69) is 29.1 Å². The highest BCUT2D eigenvalue weighted by Gasteiger charge is 2.34. The Morgan fingerprint density at radius 3 is 2.69 bits per heavy atom. The van der Waals surface area contributed by atoms with E-state index in [1.807, 2.05) is 49.5 Å². The van der Waals surface area contributed by atoms with E-state index >= 15 is 0 Å². The van der Waals surface area contributed by atoms with Crippen molar-refractivity contribution in [2.24, 2.45) is 5.41 Å². The molecule has 5 nitrogen and oxygen atoms in total. The molecule has 5 heteroatoms. The Morgan fingerprint density at radius 2 is 1.93 bits per heavy atom. The number of nitrogens with zero attached hydrogens (tertiary/aromatic N) is 3. The molecule has 1 amide bonds. The summed E-state index contributed by atoms with van der Waals surface area (Å²) in [5.74, 6) is 0.736. The highest BCUT2D eigenvalue weighted by molar-refractivity contribution is 5.79. The van der Waals surface area contributed by atoms with Crippen LogP contribution in [-0.4, -0.2) is 20.9 Å². The molecule has 1 aromatic carbocycles. The molecule has 0 saturated carbocycles. The lowest BCUT2D eigenvalue weighted by Crippen LogP contribution is -2.38. The summed E-state index contributed by atoms with van der Waals surface area (Å²) in [4.78, 5) is 26.3. The van der Waals surface area contributed by atoms with E-state index in [0.29, 0.717) is 12.2 Å². The summed E-state index contributed by atoms with van der Waals surface area (Å²) in [5.41, 5.74) is 5.25. The lowest BCUT2D eigenvalue weighted by Gasteiger charge is -2.36. The molecule has 0 radical (unpaired) electrons. The lowest BCUT2D eigenvalue weighted by molar-refractivity contribution is -0.121. The maximum atomic E-state index is 12.8. The molecule has 29 heavy (non-hydrogen) atoms. The first-order chi connectivity index (χ1) is 13.9. The molecule has 0 saturated heterocycles. The second-order valence-electron chi connectivity index (χ2n) is 8.60. The molecular weight excluding hydrogens is 360 g/mol. The second kappa shape index (κ2) is 7.74. The van der Waals surface area contributed by atoms with Gasteiger partial charge in [0.1, 0.15) is 0 Å². The SMILES string of the molecule is Cc1ccccc1CC(=O)N[C@@H]1CC(C)(C)Cc2nc(-c3ccncc3)ncc21. The molecule has 1 atom stereocenters. The number of benzene rings is 1. The van der Waals surface area contributed by atoms with Crippen LogP contribution in [0.2, 0.25) is 0 Å². The summed E-state index contributed by atoms with van der Waals surface area (Å²) in [6.45, 7) is 6.49. The summed E-state index contributed by atoms with van der Waals surface area (Å²) in [7, 11) is 0. The standard InChI is InChI=1S/C24H26N4O/c1-16-6-4-5-7-18(16)12-22(29)27-20-13-24(2,3)14-21-19(20)15-26-23(28-21)17-8-10-25-11-9-17/h4-11,15,20H,12-14H2,1-3H3,(H,27,29)/t20-/m1/s1. The third-order valence-corrected chi connectivity index (χ3v) is 5.56. The number of fused-ring (bicyclic) bond motifs is 1. The summed E-state index contributed by atoms with van der Waals surface area (Å²) in [6, 6.07) is 11.8. The maximum Gasteiger partial charge on any atom is 0.224 e. The predicted molar refractivity (Wildman–Crippen MR) is 113 cm³/mol. The van der Waals surface area contributed by atoms with Crippen LogP contribution in [0.4, 0.5) is 0 Å². The molecule has 4 rings (SSSR count). The fourth-order valence-electron chi connectivity index (χ4n) is 4.04. The van der Waals surface area contributed by atoms with Gasteiger partial charge in [0, 0.05) is 29.7 Å². The Balaban J connectivity index is 1.59. The van der Waals surface area contributed by atoms with Crippen LogP contribution < -0.4 is 5.32 Å². The smallest absolute Gasteiger partial charge is 0.224 e. The van der Waals surface area contributed by atoms with Gasteiger partial charge in [0.25, 0.3) is 0 Å². The Bertz CT molecular complexity index is 1030. The molecule has 0 unspecified atom stereocenters. The maximum absolute atomic E-state index is 12.8. The topological polar surface area (TPSA) is 67.8 Å². The zero-order valence-corrected chi connectivity index (χ0v) is 17.1. The van der Waals surface area contributed by atoms with Gasteiger partial charge in [0.05, 0.1) is 18.2 Å². The van der Waals surface area contributed by atoms with Crippen molar-refractivity contribution in [2.75, 3.05) is 0 Å². The van der Waals surface area contributed by atoms with E-state index in [-0.39, 0.29) is 17.4 Å². The van der Waals surface area contributed by atoms with Crippen LogP contribution in [0.3, 0.4) is 0 Å². The number of hydrogen-bond donors (Lipinski definition) is 1. The lowest BCUT2D eigenvalue weighted by atomic mass is 9.74. The number of hydrogen-bond acceptors (Lipinski definition) is 4. The van der Waals surface area contributed by atoms with Crippen LogP contribution in [0.25, 0.3) is 11.4 Å². The quantitative estimate of drug-likeness (QED) is 0.729. The van der Waals surface area contributed by atoms with Crippen molar-refractivity contribution in [1.29, 1.82) is 0 Å². The normalized spacial score (nSPS) is 17.4. The van der Waals surface area contributed by atoms with E-state index in [9.17, 15) is 4.79 Å². The Morgan fingerprint density at radius 1 is 1.17 bits per heavy atom. The molecule has 0 fully saturated rings. The minimum atomic E-state index is -0.0724. The zero-order valence-electron chi connectivity index (χ0n) is 17.1. The highest BCUT2D eigenvalue weighted by atomic mass is 16.1. The molecule has 0 bridgehead atoms. The average Bonchev–Trinajstić information content (AvgIpc) is 2.69. The number of rotatable bonds is 4. The van der Waals surface area contributed by atoms with Crippen molar-refractivity contribution in [1.82, 2.24) is 20.3 Å². The summed E-state index contributed by atoms with van der Waals surface area (Å²) < 4.78 is 0. The number of nitrogens with one attached hydrogen (secondary N) is 1. The fraction of sp³-hybridized carbons (Fsp3) is 0.333. The molecule has 2 heterocycles. The average molecular weight is 386 g/mol. The largest absolute Gasteiger partial charge is 0.349 e. The Kier molecular flexibility index (Phi) is 5.14. The highest BCUT2D eigenvalue weighted by Crippen LogP contribution is 2.40. The van der Waals surface area contributed by atoms with Crippen molar-refractivity contribution < 1.29 is 4.79 Å². The van der Waals surface area contributed by atoms with Crippen LogP contribution >= 0.6 is 0 Å². The van der Waals surface area contributed by atoms with Crippen LogP contribution in [0.5, 0.6) is 0 Å². The second-order valence-corrected chi connectivity index (χ2v) is 8.60. The number of aromatic nitrogens is 3. The van der Waals surface area contributed by atoms with E-state index in [1.54, 1.807) is 12.4 Å². The van der Waals surface area contributed by atoms with Gasteiger partial charge in [-0.15, -0.1) is 0 Å². The van der Waals surface area contributed by atoms with Crippen LogP contribution in [0.1, 0.15) is 48.7 Å². The Labute approximate surface area is 171 Å². The van der Waals surface area contributed by atoms with Crippen molar-refractivity contribution in [3.8, 4) is 11.4 Å². The van der Waals surface area contributed by atoms with E-state index in [4.69, 9.17) is 4.98 Å². The molecule has 1 aliphatic rings. The van der Waals surface area contributed by atoms with Crippen LogP contribution in [-0.2, 0) is 17.6 Å². The number of carbonyl (C=O) groups is 1. The molecule has 0 aliphatic heterocycles. The van der Waals surface area contributed by atoms with Gasteiger partial charge in [-0.2, -0.15) is 0 Å². The first kappa shape index (κ1) is 19.2. The first-order valence-corrected chi connectivity index (χ1v) is 10.0. The molecular formula is C24H26N4O. The predicted octanol–water partition coefficient (Wildman–Crippen LogP) is 4.22. The summed E-state index contributed by atoms with van der Waals surface area (Å²) in [5, 5.41) is 3.24. The first-order valence-electron chi connectivity index (χ1n) is 10.0. The van der Waals surface area contributed by atoms with Gasteiger partial charge in [0.15, 0.2) is 5.82 Å². The molecule has 1 N–H and O–H groups in total. The number of aryl methyl sites for hydroxylation is 1. The van der Waals surface area contributed by atoms with Crippen LogP contribution in [0.15, 0.2) is 55.0 Å². The number of amides is 1. The van der Waals surface area contributed by atoms with Crippen molar-refractivity contribution in [3.63, 3.8) is 0 Å². The molecule has 3 aromatic rings. The van der Waals surface area contributed by atoms with Gasteiger partial charge in [0.2, 0.25) is 5.91 Å². The third-order valence-electron chi connectivity index (χ3n) is 5.56. The van der Waals surface area contributed by atoms with Crippen molar-refractivity contribution in [3.05, 3.63) is 77.4 Å². The van der Waals surface area contributed by atoms with Crippen LogP contribution in [0, 0.1) is 12.3 Å². The monoisotopic (exact) mass is 386 g/mol. The molecule has 1 aliphatic carbocycles. The van der Waals surface area contributed by atoms with Crippen molar-refractivity contribution >= 4 is 5.91 Å². The van der Waals surface area contributed by atoms with E-state index in [0.717, 1.165) is 40.8 Å². The van der Waals surface area contributed by atoms with Gasteiger partial charge in [-0.3, -0.25) is 9.78 Å². The number of carbonyl (C=O) groups excluding carboxylic acids is 1. The van der Waals surface area contributed by atoms with E-state index < -0.39 is 0 Å². The number of pyridine rings is 1. The van der Waals surface area contributed by atoms with Gasteiger partial charge in [-0.25, -0.2) is 9.97 Å². The summed E-state index contributed by atoms with van der Waals surface area (Å²) >= 11 is 0. The Hall–Kier alpha value is -3.08. The van der Waals surface area contributed by atoms with Gasteiger partial charge in [-0.1, -0.05) is 38.1 Å². The fourth-order valence-corrected chi connectivity index (χ4v) is 4.04. The summed E-state index contributed by atoms with van der Waals surface area (Å²) in [6.07, 6.45) is 7.50. The molecule has 2 aromatic heterocycles. The van der Waals surface area contributed by atoms with E-state index in [1.165, 1.54) is 0 Å². The zero-order chi connectivity index (χ0) is 20.4. The third kappa shape index (κ3) is 4.34. The molecule has 148 valence electrons.